The number of aryl methyl sites for hydroxylation is 1. The zero-order chi connectivity index (χ0) is 14.2. The van der Waals surface area contributed by atoms with Crippen LogP contribution in [0.5, 0.6) is 0 Å². The van der Waals surface area contributed by atoms with Crippen LogP contribution in [-0.4, -0.2) is 15.6 Å². The summed E-state index contributed by atoms with van der Waals surface area (Å²) in [6, 6.07) is 2.67. The largest absolute Gasteiger partial charge is 0.477 e. The Morgan fingerprint density at radius 3 is 2.74 bits per heavy atom. The average molecular weight is 375 g/mol. The lowest BCUT2D eigenvalue weighted by Crippen LogP contribution is -2.19. The molecule has 0 aliphatic carbocycles. The van der Waals surface area contributed by atoms with E-state index in [0.29, 0.717) is 15.6 Å². The number of aromatic carboxylic acids is 1. The highest BCUT2D eigenvalue weighted by Gasteiger charge is 2.16. The SMILES string of the molecule is CCCn1cc(C(=O)O)c(=O)c2cc(I)c(F)cc21. The summed E-state index contributed by atoms with van der Waals surface area (Å²) in [7, 11) is 0. The van der Waals surface area contributed by atoms with Crippen molar-refractivity contribution in [3.05, 3.63) is 43.5 Å². The van der Waals surface area contributed by atoms with Gasteiger partial charge < -0.3 is 9.67 Å². The van der Waals surface area contributed by atoms with E-state index in [4.69, 9.17) is 5.11 Å². The molecule has 0 fully saturated rings. The van der Waals surface area contributed by atoms with Gasteiger partial charge in [-0.05, 0) is 41.1 Å². The van der Waals surface area contributed by atoms with Crippen molar-refractivity contribution < 1.29 is 14.3 Å². The van der Waals surface area contributed by atoms with Gasteiger partial charge in [0.25, 0.3) is 0 Å². The van der Waals surface area contributed by atoms with Crippen LogP contribution in [0.15, 0.2) is 23.1 Å². The minimum absolute atomic E-state index is 0.235. The summed E-state index contributed by atoms with van der Waals surface area (Å²) in [4.78, 5) is 23.2. The molecule has 0 aliphatic rings. The lowest BCUT2D eigenvalue weighted by Gasteiger charge is -2.11. The van der Waals surface area contributed by atoms with Gasteiger partial charge in [0.2, 0.25) is 5.43 Å². The Kier molecular flexibility index (Phi) is 3.88. The molecule has 1 aromatic heterocycles. The van der Waals surface area contributed by atoms with Crippen LogP contribution in [0, 0.1) is 9.39 Å². The lowest BCUT2D eigenvalue weighted by atomic mass is 10.1. The summed E-state index contributed by atoms with van der Waals surface area (Å²) in [5.74, 6) is -1.68. The number of pyridine rings is 1. The highest BCUT2D eigenvalue weighted by Crippen LogP contribution is 2.19. The van der Waals surface area contributed by atoms with Gasteiger partial charge in [0.05, 0.1) is 5.52 Å². The highest BCUT2D eigenvalue weighted by molar-refractivity contribution is 14.1. The van der Waals surface area contributed by atoms with E-state index < -0.39 is 17.2 Å². The van der Waals surface area contributed by atoms with E-state index >= 15 is 0 Å². The van der Waals surface area contributed by atoms with E-state index in [-0.39, 0.29) is 10.9 Å². The Labute approximate surface area is 122 Å². The number of carboxylic acids is 1. The van der Waals surface area contributed by atoms with Crippen LogP contribution in [-0.2, 0) is 6.54 Å². The fourth-order valence-electron chi connectivity index (χ4n) is 1.96. The summed E-state index contributed by atoms with van der Waals surface area (Å²) in [6.45, 7) is 2.45. The number of fused-ring (bicyclic) bond motifs is 1. The zero-order valence-corrected chi connectivity index (χ0v) is 12.3. The maximum absolute atomic E-state index is 13.6. The second-order valence-electron chi connectivity index (χ2n) is 4.15. The molecule has 100 valence electrons. The summed E-state index contributed by atoms with van der Waals surface area (Å²) in [5, 5.41) is 9.29. The summed E-state index contributed by atoms with van der Waals surface area (Å²) in [6.07, 6.45) is 2.04. The van der Waals surface area contributed by atoms with Crippen molar-refractivity contribution in [2.45, 2.75) is 19.9 Å². The van der Waals surface area contributed by atoms with E-state index in [9.17, 15) is 14.0 Å². The van der Waals surface area contributed by atoms with Crippen LogP contribution in [0.3, 0.4) is 0 Å². The van der Waals surface area contributed by atoms with E-state index in [1.807, 2.05) is 6.92 Å². The van der Waals surface area contributed by atoms with E-state index in [1.54, 1.807) is 27.2 Å². The Balaban J connectivity index is 2.92. The second-order valence-corrected chi connectivity index (χ2v) is 5.32. The number of hydrogen-bond donors (Lipinski definition) is 1. The third-order valence-corrected chi connectivity index (χ3v) is 3.64. The van der Waals surface area contributed by atoms with Crippen LogP contribution >= 0.6 is 22.6 Å². The van der Waals surface area contributed by atoms with Gasteiger partial charge in [-0.1, -0.05) is 6.92 Å². The predicted octanol–water partition coefficient (Wildman–Crippen LogP) is 2.85. The molecular formula is C13H11FINO3. The average Bonchev–Trinajstić information content (AvgIpc) is 2.35. The summed E-state index contributed by atoms with van der Waals surface area (Å²) < 4.78 is 15.5. The molecule has 0 atom stereocenters. The fourth-order valence-corrected chi connectivity index (χ4v) is 2.43. The van der Waals surface area contributed by atoms with Gasteiger partial charge in [-0.25, -0.2) is 9.18 Å². The Bertz CT molecular complexity index is 724. The molecule has 1 N–H and O–H groups in total. The van der Waals surface area contributed by atoms with Crippen molar-refractivity contribution in [3.8, 4) is 0 Å². The van der Waals surface area contributed by atoms with Gasteiger partial charge in [-0.15, -0.1) is 0 Å². The zero-order valence-electron chi connectivity index (χ0n) is 10.1. The number of nitrogens with zero attached hydrogens (tertiary/aromatic N) is 1. The summed E-state index contributed by atoms with van der Waals surface area (Å²) >= 11 is 1.78. The van der Waals surface area contributed by atoms with Crippen LogP contribution in [0.1, 0.15) is 23.7 Å². The van der Waals surface area contributed by atoms with Crippen molar-refractivity contribution in [2.24, 2.45) is 0 Å². The molecule has 6 heteroatoms. The second kappa shape index (κ2) is 5.28. The molecule has 0 saturated heterocycles. The maximum Gasteiger partial charge on any atom is 0.341 e. The Hall–Kier alpha value is -1.44. The first kappa shape index (κ1) is 14.0. The molecule has 2 aromatic rings. The van der Waals surface area contributed by atoms with E-state index in [2.05, 4.69) is 0 Å². The lowest BCUT2D eigenvalue weighted by molar-refractivity contribution is 0.0695. The van der Waals surface area contributed by atoms with E-state index in [0.717, 1.165) is 6.42 Å². The molecule has 19 heavy (non-hydrogen) atoms. The fraction of sp³-hybridized carbons (Fsp3) is 0.231. The summed E-state index contributed by atoms with van der Waals surface area (Å²) in [5.41, 5.74) is -0.439. The first-order valence-corrected chi connectivity index (χ1v) is 6.79. The smallest absolute Gasteiger partial charge is 0.341 e. The molecular weight excluding hydrogens is 364 g/mol. The molecule has 1 heterocycles. The molecule has 0 radical (unpaired) electrons. The number of carbonyl (C=O) groups is 1. The predicted molar refractivity (Wildman–Crippen MR) is 78.1 cm³/mol. The first-order chi connectivity index (χ1) is 8.95. The number of benzene rings is 1. The van der Waals surface area contributed by atoms with Crippen LogP contribution < -0.4 is 5.43 Å². The molecule has 0 spiro atoms. The number of halogens is 2. The topological polar surface area (TPSA) is 59.3 Å². The quantitative estimate of drug-likeness (QED) is 0.840. The van der Waals surface area contributed by atoms with Crippen molar-refractivity contribution in [3.63, 3.8) is 0 Å². The minimum Gasteiger partial charge on any atom is -0.477 e. The molecule has 0 unspecified atom stereocenters. The highest BCUT2D eigenvalue weighted by atomic mass is 127. The van der Waals surface area contributed by atoms with Crippen LogP contribution in [0.2, 0.25) is 0 Å². The van der Waals surface area contributed by atoms with Crippen LogP contribution in [0.4, 0.5) is 4.39 Å². The van der Waals surface area contributed by atoms with Gasteiger partial charge in [0.15, 0.2) is 0 Å². The number of carboxylic acid groups (broad SMARTS) is 1. The molecule has 0 bridgehead atoms. The number of rotatable bonds is 3. The monoisotopic (exact) mass is 375 g/mol. The minimum atomic E-state index is -1.27. The maximum atomic E-state index is 13.6. The van der Waals surface area contributed by atoms with Gasteiger partial charge in [0.1, 0.15) is 11.4 Å². The first-order valence-electron chi connectivity index (χ1n) is 5.71. The molecule has 0 amide bonds. The van der Waals surface area contributed by atoms with Gasteiger partial charge >= 0.3 is 5.97 Å². The van der Waals surface area contributed by atoms with Gasteiger partial charge in [-0.3, -0.25) is 4.79 Å². The van der Waals surface area contributed by atoms with Crippen molar-refractivity contribution >= 4 is 39.5 Å². The molecule has 2 rings (SSSR count). The molecule has 0 saturated carbocycles. The number of aromatic nitrogens is 1. The Morgan fingerprint density at radius 1 is 1.47 bits per heavy atom. The molecule has 4 nitrogen and oxygen atoms in total. The standard InChI is InChI=1S/C13H11FINO3/c1-2-3-16-6-8(13(18)19)12(17)7-4-10(15)9(14)5-11(7)16/h4-6H,2-3H2,1H3,(H,18,19). The van der Waals surface area contributed by atoms with E-state index in [1.165, 1.54) is 18.3 Å². The van der Waals surface area contributed by atoms with Crippen molar-refractivity contribution in [2.75, 3.05) is 0 Å². The molecule has 0 aliphatic heterocycles. The van der Waals surface area contributed by atoms with Crippen molar-refractivity contribution in [1.29, 1.82) is 0 Å². The van der Waals surface area contributed by atoms with Crippen LogP contribution in [0.25, 0.3) is 10.9 Å². The number of hydrogen-bond acceptors (Lipinski definition) is 2. The van der Waals surface area contributed by atoms with Gasteiger partial charge in [0, 0.05) is 21.7 Å². The third kappa shape index (κ3) is 2.49. The molecule has 1 aromatic carbocycles. The van der Waals surface area contributed by atoms with Crippen molar-refractivity contribution in [1.82, 2.24) is 4.57 Å². The van der Waals surface area contributed by atoms with Gasteiger partial charge in [-0.2, -0.15) is 0 Å². The Morgan fingerprint density at radius 2 is 2.16 bits per heavy atom. The third-order valence-electron chi connectivity index (χ3n) is 2.82. The normalized spacial score (nSPS) is 10.9.